The van der Waals surface area contributed by atoms with Crippen LogP contribution >= 0.6 is 0 Å². The van der Waals surface area contributed by atoms with Crippen LogP contribution in [0.25, 0.3) is 5.57 Å². The molecular formula is C20H18O4. The number of carbonyl (C=O) groups is 2. The Bertz CT molecular complexity index is 776. The Labute approximate surface area is 140 Å². The van der Waals surface area contributed by atoms with E-state index in [2.05, 4.69) is 0 Å². The molecule has 2 aromatic rings. The third kappa shape index (κ3) is 2.71. The van der Waals surface area contributed by atoms with Gasteiger partial charge in [0.15, 0.2) is 5.92 Å². The molecule has 4 heteroatoms. The Morgan fingerprint density at radius 3 is 2.08 bits per heavy atom. The van der Waals surface area contributed by atoms with Gasteiger partial charge in [-0.3, -0.25) is 9.59 Å². The number of rotatable bonds is 4. The Kier molecular flexibility index (Phi) is 4.47. The summed E-state index contributed by atoms with van der Waals surface area (Å²) in [4.78, 5) is 24.4. The predicted molar refractivity (Wildman–Crippen MR) is 90.2 cm³/mol. The number of ether oxygens (including phenoxy) is 2. The molecule has 4 nitrogen and oxygen atoms in total. The first-order valence-corrected chi connectivity index (χ1v) is 7.69. The van der Waals surface area contributed by atoms with E-state index in [4.69, 9.17) is 9.47 Å². The van der Waals surface area contributed by atoms with Gasteiger partial charge in [-0.15, -0.1) is 0 Å². The molecule has 1 aliphatic rings. The number of hydrogen-bond donors (Lipinski definition) is 0. The van der Waals surface area contributed by atoms with Gasteiger partial charge in [0.25, 0.3) is 0 Å². The van der Waals surface area contributed by atoms with Gasteiger partial charge >= 0.3 is 11.9 Å². The standard InChI is InChI=1S/C20H18O4/c1-23-19(21)18(20(22)24-2)17-12-16(13-8-4-3-5-9-13)14-10-6-7-11-15(14)17/h3-12,17-18H,1-2H3. The molecule has 1 unspecified atom stereocenters. The minimum Gasteiger partial charge on any atom is -0.468 e. The quantitative estimate of drug-likeness (QED) is 0.641. The minimum atomic E-state index is -1.01. The highest BCUT2D eigenvalue weighted by Gasteiger charge is 2.40. The molecule has 1 aliphatic carbocycles. The Hall–Kier alpha value is -2.88. The van der Waals surface area contributed by atoms with Crippen LogP contribution in [0, 0.1) is 5.92 Å². The summed E-state index contributed by atoms with van der Waals surface area (Å²) in [5.74, 6) is -2.60. The van der Waals surface area contributed by atoms with Crippen LogP contribution in [0.4, 0.5) is 0 Å². The molecule has 0 heterocycles. The molecule has 24 heavy (non-hydrogen) atoms. The number of benzene rings is 2. The highest BCUT2D eigenvalue weighted by atomic mass is 16.5. The van der Waals surface area contributed by atoms with Crippen molar-refractivity contribution in [3.05, 3.63) is 77.4 Å². The predicted octanol–water partition coefficient (Wildman–Crippen LogP) is 3.18. The summed E-state index contributed by atoms with van der Waals surface area (Å²) in [5.41, 5.74) is 4.00. The van der Waals surface area contributed by atoms with E-state index < -0.39 is 23.8 Å². The molecule has 2 aromatic carbocycles. The largest absolute Gasteiger partial charge is 0.468 e. The number of allylic oxidation sites excluding steroid dienone is 1. The van der Waals surface area contributed by atoms with Crippen molar-refractivity contribution in [1.29, 1.82) is 0 Å². The lowest BCUT2D eigenvalue weighted by Crippen LogP contribution is -2.31. The van der Waals surface area contributed by atoms with E-state index >= 15 is 0 Å². The molecule has 0 amide bonds. The Balaban J connectivity index is 2.12. The highest BCUT2D eigenvalue weighted by Crippen LogP contribution is 2.43. The van der Waals surface area contributed by atoms with Gasteiger partial charge in [-0.25, -0.2) is 0 Å². The van der Waals surface area contributed by atoms with Crippen LogP contribution in [0.5, 0.6) is 0 Å². The maximum absolute atomic E-state index is 12.2. The third-order valence-corrected chi connectivity index (χ3v) is 4.31. The summed E-state index contributed by atoms with van der Waals surface area (Å²) in [5, 5.41) is 0. The van der Waals surface area contributed by atoms with Crippen molar-refractivity contribution in [3.8, 4) is 0 Å². The average Bonchev–Trinajstić information content (AvgIpc) is 3.02. The summed E-state index contributed by atoms with van der Waals surface area (Å²) in [7, 11) is 2.56. The van der Waals surface area contributed by atoms with Crippen LogP contribution < -0.4 is 0 Å². The smallest absolute Gasteiger partial charge is 0.321 e. The van der Waals surface area contributed by atoms with Crippen molar-refractivity contribution in [1.82, 2.24) is 0 Å². The number of methoxy groups -OCH3 is 2. The van der Waals surface area contributed by atoms with Crippen LogP contribution in [-0.2, 0) is 19.1 Å². The molecular weight excluding hydrogens is 304 g/mol. The van der Waals surface area contributed by atoms with Gasteiger partial charge in [-0.2, -0.15) is 0 Å². The number of fused-ring (bicyclic) bond motifs is 1. The SMILES string of the molecule is COC(=O)C(C(=O)OC)C1C=C(c2ccccc2)c2ccccc21. The van der Waals surface area contributed by atoms with Gasteiger partial charge in [-0.1, -0.05) is 60.7 Å². The van der Waals surface area contributed by atoms with Crippen molar-refractivity contribution in [2.75, 3.05) is 14.2 Å². The lowest BCUT2D eigenvalue weighted by molar-refractivity contribution is -0.159. The summed E-state index contributed by atoms with van der Waals surface area (Å²) in [6.45, 7) is 0. The molecule has 0 saturated carbocycles. The van der Waals surface area contributed by atoms with E-state index in [0.29, 0.717) is 0 Å². The highest BCUT2D eigenvalue weighted by molar-refractivity contribution is 5.98. The van der Waals surface area contributed by atoms with Crippen molar-refractivity contribution < 1.29 is 19.1 Å². The normalized spacial score (nSPS) is 15.6. The summed E-state index contributed by atoms with van der Waals surface area (Å²) in [6, 6.07) is 17.7. The molecule has 0 saturated heterocycles. The van der Waals surface area contributed by atoms with Crippen molar-refractivity contribution in [3.63, 3.8) is 0 Å². The lowest BCUT2D eigenvalue weighted by Gasteiger charge is -2.19. The van der Waals surface area contributed by atoms with Crippen LogP contribution in [0.3, 0.4) is 0 Å². The van der Waals surface area contributed by atoms with Crippen LogP contribution in [0.15, 0.2) is 60.7 Å². The van der Waals surface area contributed by atoms with E-state index in [0.717, 1.165) is 22.3 Å². The van der Waals surface area contributed by atoms with E-state index in [1.54, 1.807) is 0 Å². The van der Waals surface area contributed by atoms with E-state index in [-0.39, 0.29) is 0 Å². The first kappa shape index (κ1) is 16.0. The average molecular weight is 322 g/mol. The van der Waals surface area contributed by atoms with Crippen molar-refractivity contribution in [2.24, 2.45) is 5.92 Å². The third-order valence-electron chi connectivity index (χ3n) is 4.31. The molecule has 0 aliphatic heterocycles. The molecule has 1 atom stereocenters. The van der Waals surface area contributed by atoms with Gasteiger partial charge in [0.1, 0.15) is 0 Å². The fraction of sp³-hybridized carbons (Fsp3) is 0.200. The summed E-state index contributed by atoms with van der Waals surface area (Å²) < 4.78 is 9.67. The summed E-state index contributed by atoms with van der Waals surface area (Å²) in [6.07, 6.45) is 1.96. The second-order valence-corrected chi connectivity index (χ2v) is 5.58. The molecule has 0 aromatic heterocycles. The van der Waals surface area contributed by atoms with Gasteiger partial charge < -0.3 is 9.47 Å². The van der Waals surface area contributed by atoms with E-state index in [9.17, 15) is 9.59 Å². The second-order valence-electron chi connectivity index (χ2n) is 5.58. The zero-order valence-corrected chi connectivity index (χ0v) is 13.6. The molecule has 3 rings (SSSR count). The first-order chi connectivity index (χ1) is 11.7. The second kappa shape index (κ2) is 6.71. The summed E-state index contributed by atoms with van der Waals surface area (Å²) >= 11 is 0. The van der Waals surface area contributed by atoms with Gasteiger partial charge in [-0.05, 0) is 22.3 Å². The monoisotopic (exact) mass is 322 g/mol. The maximum atomic E-state index is 12.2. The minimum absolute atomic E-state index is 0.406. The van der Waals surface area contributed by atoms with E-state index in [1.165, 1.54) is 14.2 Å². The Morgan fingerprint density at radius 2 is 1.46 bits per heavy atom. The van der Waals surface area contributed by atoms with Crippen LogP contribution in [0.2, 0.25) is 0 Å². The molecule has 0 fully saturated rings. The number of esters is 2. The molecule has 0 spiro atoms. The zero-order chi connectivity index (χ0) is 17.1. The van der Waals surface area contributed by atoms with Gasteiger partial charge in [0.2, 0.25) is 0 Å². The molecule has 122 valence electrons. The molecule has 0 N–H and O–H groups in total. The van der Waals surface area contributed by atoms with Crippen molar-refractivity contribution in [2.45, 2.75) is 5.92 Å². The van der Waals surface area contributed by atoms with Gasteiger partial charge in [0.05, 0.1) is 14.2 Å². The topological polar surface area (TPSA) is 52.6 Å². The van der Waals surface area contributed by atoms with Crippen LogP contribution in [-0.4, -0.2) is 26.2 Å². The maximum Gasteiger partial charge on any atom is 0.321 e. The number of carbonyl (C=O) groups excluding carboxylic acids is 2. The lowest BCUT2D eigenvalue weighted by atomic mass is 9.87. The molecule has 0 bridgehead atoms. The van der Waals surface area contributed by atoms with Crippen LogP contribution in [0.1, 0.15) is 22.6 Å². The fourth-order valence-electron chi connectivity index (χ4n) is 3.18. The van der Waals surface area contributed by atoms with Crippen molar-refractivity contribution >= 4 is 17.5 Å². The Morgan fingerprint density at radius 1 is 0.875 bits per heavy atom. The molecule has 0 radical (unpaired) electrons. The van der Waals surface area contributed by atoms with E-state index in [1.807, 2.05) is 60.7 Å². The zero-order valence-electron chi connectivity index (χ0n) is 13.6. The fourth-order valence-corrected chi connectivity index (χ4v) is 3.18. The first-order valence-electron chi connectivity index (χ1n) is 7.69. The van der Waals surface area contributed by atoms with Gasteiger partial charge in [0, 0.05) is 5.92 Å². The number of hydrogen-bond acceptors (Lipinski definition) is 4.